The molecule has 0 amide bonds. The molecule has 0 unspecified atom stereocenters. The van der Waals surface area contributed by atoms with Crippen molar-refractivity contribution in [2.75, 3.05) is 25.5 Å². The number of nitrogens with zero attached hydrogens (tertiary/aromatic N) is 2. The average molecular weight is 339 g/mol. The van der Waals surface area contributed by atoms with Gasteiger partial charge in [-0.1, -0.05) is 27.7 Å². The van der Waals surface area contributed by atoms with E-state index in [1.54, 1.807) is 8.61 Å². The third-order valence-electron chi connectivity index (χ3n) is 4.31. The van der Waals surface area contributed by atoms with Gasteiger partial charge < -0.3 is 0 Å². The van der Waals surface area contributed by atoms with Gasteiger partial charge in [-0.15, -0.1) is 11.6 Å². The van der Waals surface area contributed by atoms with Crippen LogP contribution in [0.15, 0.2) is 0 Å². The standard InChI is InChI=1S/C15H31ClN2O2S/c1-5-15(6-2)18(12-13(3)4)21(19,20)17-9-7-14(11-16)8-10-17/h13-15H,5-12H2,1-4H3. The first-order valence-electron chi connectivity index (χ1n) is 8.19. The van der Waals surface area contributed by atoms with Crippen LogP contribution < -0.4 is 0 Å². The first kappa shape index (κ1) is 19.2. The summed E-state index contributed by atoms with van der Waals surface area (Å²) in [6.07, 6.45) is 3.48. The highest BCUT2D eigenvalue weighted by atomic mass is 35.5. The lowest BCUT2D eigenvalue weighted by Crippen LogP contribution is -2.51. The summed E-state index contributed by atoms with van der Waals surface area (Å²) in [6.45, 7) is 10.1. The number of alkyl halides is 1. The molecule has 0 atom stereocenters. The van der Waals surface area contributed by atoms with Gasteiger partial charge in [-0.05, 0) is 37.5 Å². The van der Waals surface area contributed by atoms with Crippen LogP contribution >= 0.6 is 11.6 Å². The maximum Gasteiger partial charge on any atom is 0.282 e. The molecule has 1 aliphatic heterocycles. The number of hydrogen-bond donors (Lipinski definition) is 0. The molecule has 1 aliphatic rings. The van der Waals surface area contributed by atoms with E-state index in [9.17, 15) is 8.42 Å². The smallest absolute Gasteiger partial charge is 0.195 e. The molecule has 0 bridgehead atoms. The van der Waals surface area contributed by atoms with Crippen molar-refractivity contribution >= 4 is 21.8 Å². The highest BCUT2D eigenvalue weighted by molar-refractivity contribution is 7.86. The molecule has 0 saturated carbocycles. The number of halogens is 1. The highest BCUT2D eigenvalue weighted by Gasteiger charge is 2.35. The van der Waals surface area contributed by atoms with Crippen molar-refractivity contribution in [3.8, 4) is 0 Å². The fourth-order valence-corrected chi connectivity index (χ4v) is 5.37. The van der Waals surface area contributed by atoms with E-state index in [2.05, 4.69) is 27.7 Å². The molecular formula is C15H31ClN2O2S. The summed E-state index contributed by atoms with van der Waals surface area (Å²) in [4.78, 5) is 0. The highest BCUT2D eigenvalue weighted by Crippen LogP contribution is 2.25. The second-order valence-electron chi connectivity index (χ2n) is 6.44. The van der Waals surface area contributed by atoms with Crippen LogP contribution in [0.4, 0.5) is 0 Å². The van der Waals surface area contributed by atoms with Gasteiger partial charge in [0.1, 0.15) is 0 Å². The van der Waals surface area contributed by atoms with Crippen LogP contribution in [-0.4, -0.2) is 48.6 Å². The molecule has 0 aromatic carbocycles. The Kier molecular flexibility index (Phi) is 7.96. The van der Waals surface area contributed by atoms with Crippen molar-refractivity contribution in [2.24, 2.45) is 11.8 Å². The van der Waals surface area contributed by atoms with Crippen molar-refractivity contribution in [1.82, 2.24) is 8.61 Å². The molecule has 1 heterocycles. The van der Waals surface area contributed by atoms with E-state index >= 15 is 0 Å². The van der Waals surface area contributed by atoms with Crippen LogP contribution in [-0.2, 0) is 10.2 Å². The zero-order valence-corrected chi connectivity index (χ0v) is 15.5. The Morgan fingerprint density at radius 3 is 2.10 bits per heavy atom. The van der Waals surface area contributed by atoms with E-state index in [1.165, 1.54) is 0 Å². The monoisotopic (exact) mass is 338 g/mol. The molecule has 1 rings (SSSR count). The summed E-state index contributed by atoms with van der Waals surface area (Å²) >= 11 is 5.89. The molecule has 6 heteroatoms. The molecule has 21 heavy (non-hydrogen) atoms. The molecule has 0 aromatic heterocycles. The van der Waals surface area contributed by atoms with Crippen LogP contribution in [0.1, 0.15) is 53.4 Å². The lowest BCUT2D eigenvalue weighted by molar-refractivity contribution is 0.227. The summed E-state index contributed by atoms with van der Waals surface area (Å²) in [5.41, 5.74) is 0. The van der Waals surface area contributed by atoms with Crippen LogP contribution in [0.25, 0.3) is 0 Å². The van der Waals surface area contributed by atoms with Gasteiger partial charge in [-0.3, -0.25) is 0 Å². The van der Waals surface area contributed by atoms with E-state index in [-0.39, 0.29) is 6.04 Å². The molecule has 1 fully saturated rings. The molecule has 0 radical (unpaired) electrons. The van der Waals surface area contributed by atoms with Gasteiger partial charge >= 0.3 is 0 Å². The van der Waals surface area contributed by atoms with Crippen molar-refractivity contribution in [3.05, 3.63) is 0 Å². The molecule has 0 spiro atoms. The lowest BCUT2D eigenvalue weighted by atomic mass is 10.0. The van der Waals surface area contributed by atoms with Gasteiger partial charge in [0.25, 0.3) is 10.2 Å². The van der Waals surface area contributed by atoms with Crippen LogP contribution in [0.5, 0.6) is 0 Å². The minimum Gasteiger partial charge on any atom is -0.195 e. The van der Waals surface area contributed by atoms with Gasteiger partial charge in [-0.25, -0.2) is 0 Å². The minimum atomic E-state index is -3.35. The second-order valence-corrected chi connectivity index (χ2v) is 8.63. The van der Waals surface area contributed by atoms with Gasteiger partial charge in [0, 0.05) is 31.6 Å². The Labute approximate surface area is 136 Å². The summed E-state index contributed by atoms with van der Waals surface area (Å²) in [5.74, 6) is 1.43. The SMILES string of the molecule is CCC(CC)N(CC(C)C)S(=O)(=O)N1CCC(CCl)CC1. The van der Waals surface area contributed by atoms with Crippen LogP contribution in [0.2, 0.25) is 0 Å². The Bertz CT molecular complexity index is 388. The molecular weight excluding hydrogens is 308 g/mol. The summed E-state index contributed by atoms with van der Waals surface area (Å²) in [5, 5.41) is 0. The van der Waals surface area contributed by atoms with E-state index in [0.29, 0.717) is 37.4 Å². The van der Waals surface area contributed by atoms with Gasteiger partial charge in [0.05, 0.1) is 0 Å². The van der Waals surface area contributed by atoms with Crippen molar-refractivity contribution in [2.45, 2.75) is 59.4 Å². The molecule has 126 valence electrons. The van der Waals surface area contributed by atoms with Crippen molar-refractivity contribution < 1.29 is 8.42 Å². The quantitative estimate of drug-likeness (QED) is 0.637. The lowest BCUT2D eigenvalue weighted by Gasteiger charge is -2.38. The van der Waals surface area contributed by atoms with Gasteiger partial charge in [-0.2, -0.15) is 17.0 Å². The third-order valence-corrected chi connectivity index (χ3v) is 6.80. The van der Waals surface area contributed by atoms with E-state index in [0.717, 1.165) is 25.7 Å². The predicted octanol–water partition coefficient (Wildman–Crippen LogP) is 3.33. The molecule has 0 aliphatic carbocycles. The Morgan fingerprint density at radius 1 is 1.19 bits per heavy atom. The van der Waals surface area contributed by atoms with E-state index < -0.39 is 10.2 Å². The van der Waals surface area contributed by atoms with Gasteiger partial charge in [0.2, 0.25) is 0 Å². The summed E-state index contributed by atoms with van der Waals surface area (Å²) in [7, 11) is -3.35. The van der Waals surface area contributed by atoms with Crippen molar-refractivity contribution in [3.63, 3.8) is 0 Å². The topological polar surface area (TPSA) is 40.6 Å². The average Bonchev–Trinajstić information content (AvgIpc) is 2.47. The molecule has 4 nitrogen and oxygen atoms in total. The maximum absolute atomic E-state index is 13.0. The van der Waals surface area contributed by atoms with Crippen LogP contribution in [0.3, 0.4) is 0 Å². The first-order valence-corrected chi connectivity index (χ1v) is 10.1. The molecule has 0 N–H and O–H groups in total. The summed E-state index contributed by atoms with van der Waals surface area (Å²) < 4.78 is 29.4. The second kappa shape index (κ2) is 8.70. The number of piperidine rings is 1. The molecule has 0 aromatic rings. The fourth-order valence-electron chi connectivity index (χ4n) is 2.93. The largest absolute Gasteiger partial charge is 0.282 e. The zero-order chi connectivity index (χ0) is 16.0. The Morgan fingerprint density at radius 2 is 1.71 bits per heavy atom. The normalized spacial score (nSPS) is 19.0. The van der Waals surface area contributed by atoms with Crippen molar-refractivity contribution in [1.29, 1.82) is 0 Å². The Balaban J connectivity index is 2.88. The zero-order valence-electron chi connectivity index (χ0n) is 13.9. The fraction of sp³-hybridized carbons (Fsp3) is 1.00. The number of rotatable bonds is 8. The molecule has 1 saturated heterocycles. The first-order chi connectivity index (χ1) is 9.86. The van der Waals surface area contributed by atoms with E-state index in [1.807, 2.05) is 0 Å². The predicted molar refractivity (Wildman–Crippen MR) is 89.9 cm³/mol. The van der Waals surface area contributed by atoms with Gasteiger partial charge in [0.15, 0.2) is 0 Å². The van der Waals surface area contributed by atoms with Crippen LogP contribution in [0, 0.1) is 11.8 Å². The maximum atomic E-state index is 13.0. The number of hydrogen-bond acceptors (Lipinski definition) is 2. The third kappa shape index (κ3) is 5.08. The minimum absolute atomic E-state index is 0.100. The van der Waals surface area contributed by atoms with E-state index in [4.69, 9.17) is 11.6 Å². The Hall–Kier alpha value is 0.160. The summed E-state index contributed by atoms with van der Waals surface area (Å²) in [6, 6.07) is 0.100.